The molecule has 1 rings (SSSR count). The minimum Gasteiger partial charge on any atom is -0.372 e. The highest BCUT2D eigenvalue weighted by atomic mass is 79.9. The van der Waals surface area contributed by atoms with Crippen LogP contribution in [-0.4, -0.2) is 18.4 Å². The molecule has 1 atom stereocenters. The molecule has 0 bridgehead atoms. The van der Waals surface area contributed by atoms with Gasteiger partial charge in [-0.3, -0.25) is 0 Å². The maximum Gasteiger partial charge on any atom is 0.0366 e. The fraction of sp³-hybridized carbons (Fsp3) is 0.625. The van der Waals surface area contributed by atoms with Crippen LogP contribution in [-0.2, 0) is 0 Å². The van der Waals surface area contributed by atoms with Crippen molar-refractivity contribution in [1.29, 1.82) is 0 Å². The lowest BCUT2D eigenvalue weighted by molar-refractivity contribution is 0.513. The molecule has 0 radical (unpaired) electrons. The van der Waals surface area contributed by atoms with Gasteiger partial charge in [0.15, 0.2) is 0 Å². The lowest BCUT2D eigenvalue weighted by Crippen LogP contribution is -2.26. The maximum atomic E-state index is 3.53. The van der Waals surface area contributed by atoms with Crippen LogP contribution in [0.15, 0.2) is 30.3 Å². The highest BCUT2D eigenvalue weighted by Crippen LogP contribution is 2.17. The quantitative estimate of drug-likeness (QED) is 0.573. The largest absolute Gasteiger partial charge is 0.372 e. The number of benzene rings is 1. The van der Waals surface area contributed by atoms with Crippen LogP contribution in [0.2, 0.25) is 0 Å². The van der Waals surface area contributed by atoms with E-state index in [1.54, 1.807) is 0 Å². The first-order chi connectivity index (χ1) is 8.77. The van der Waals surface area contributed by atoms with Crippen molar-refractivity contribution in [3.8, 4) is 0 Å². The number of nitrogens with zero attached hydrogens (tertiary/aromatic N) is 1. The molecule has 0 aliphatic rings. The summed E-state index contributed by atoms with van der Waals surface area (Å²) in [4.78, 5) is 2.54. The summed E-state index contributed by atoms with van der Waals surface area (Å²) in [7, 11) is 0. The van der Waals surface area contributed by atoms with Crippen LogP contribution in [0, 0.1) is 5.92 Å². The van der Waals surface area contributed by atoms with Crippen molar-refractivity contribution in [2.45, 2.75) is 39.5 Å². The fourth-order valence-corrected chi connectivity index (χ4v) is 2.85. The summed E-state index contributed by atoms with van der Waals surface area (Å²) in [6.07, 6.45) is 5.10. The maximum absolute atomic E-state index is 3.53. The summed E-state index contributed by atoms with van der Waals surface area (Å²) in [5, 5.41) is 1.12. The van der Waals surface area contributed by atoms with E-state index in [1.807, 2.05) is 0 Å². The van der Waals surface area contributed by atoms with Gasteiger partial charge in [0.1, 0.15) is 0 Å². The van der Waals surface area contributed by atoms with Crippen LogP contribution in [0.25, 0.3) is 0 Å². The average molecular weight is 312 g/mol. The van der Waals surface area contributed by atoms with Gasteiger partial charge < -0.3 is 4.90 Å². The summed E-state index contributed by atoms with van der Waals surface area (Å²) >= 11 is 3.53. The van der Waals surface area contributed by atoms with Crippen molar-refractivity contribution in [2.75, 3.05) is 23.3 Å². The molecule has 0 saturated carbocycles. The van der Waals surface area contributed by atoms with Gasteiger partial charge in [0, 0.05) is 24.1 Å². The number of anilines is 1. The van der Waals surface area contributed by atoms with Crippen molar-refractivity contribution in [2.24, 2.45) is 5.92 Å². The van der Waals surface area contributed by atoms with E-state index in [-0.39, 0.29) is 0 Å². The second-order valence-corrected chi connectivity index (χ2v) is 5.84. The molecule has 0 saturated heterocycles. The van der Waals surface area contributed by atoms with E-state index in [9.17, 15) is 0 Å². The predicted octanol–water partition coefficient (Wildman–Crippen LogP) is 5.10. The molecule has 0 aromatic heterocycles. The highest BCUT2D eigenvalue weighted by Gasteiger charge is 2.08. The van der Waals surface area contributed by atoms with Gasteiger partial charge >= 0.3 is 0 Å². The monoisotopic (exact) mass is 311 g/mol. The van der Waals surface area contributed by atoms with E-state index in [0.29, 0.717) is 0 Å². The smallest absolute Gasteiger partial charge is 0.0366 e. The third-order valence-corrected chi connectivity index (χ3v) is 3.85. The summed E-state index contributed by atoms with van der Waals surface area (Å²) in [6, 6.07) is 10.8. The molecule has 2 heteroatoms. The van der Waals surface area contributed by atoms with E-state index >= 15 is 0 Å². The van der Waals surface area contributed by atoms with Crippen molar-refractivity contribution in [3.05, 3.63) is 30.3 Å². The van der Waals surface area contributed by atoms with Crippen LogP contribution in [0.1, 0.15) is 39.5 Å². The Balaban J connectivity index is 2.51. The van der Waals surface area contributed by atoms with Crippen molar-refractivity contribution >= 4 is 21.6 Å². The van der Waals surface area contributed by atoms with Gasteiger partial charge in [-0.1, -0.05) is 54.4 Å². The van der Waals surface area contributed by atoms with Crippen LogP contribution in [0.3, 0.4) is 0 Å². The van der Waals surface area contributed by atoms with Gasteiger partial charge in [0.25, 0.3) is 0 Å². The van der Waals surface area contributed by atoms with Gasteiger partial charge in [0.05, 0.1) is 0 Å². The molecule has 1 aromatic carbocycles. The first kappa shape index (κ1) is 15.6. The standard InChI is InChI=1S/C16H26BrN/c1-3-4-13-18(14-11-15(2)10-12-17)16-8-6-5-7-9-16/h5-9,15H,3-4,10-14H2,1-2H3. The molecular formula is C16H26BrN. The zero-order chi connectivity index (χ0) is 13.2. The Kier molecular flexibility index (Phi) is 8.15. The summed E-state index contributed by atoms with van der Waals surface area (Å²) in [5.74, 6) is 0.803. The Hall–Kier alpha value is -0.500. The predicted molar refractivity (Wildman–Crippen MR) is 85.8 cm³/mol. The zero-order valence-electron chi connectivity index (χ0n) is 11.7. The number of rotatable bonds is 9. The number of alkyl halides is 1. The SMILES string of the molecule is CCCCN(CCC(C)CCBr)c1ccccc1. The molecule has 0 N–H and O–H groups in total. The molecule has 0 heterocycles. The normalized spacial score (nSPS) is 12.4. The second-order valence-electron chi connectivity index (χ2n) is 5.05. The van der Waals surface area contributed by atoms with E-state index in [1.165, 1.54) is 44.5 Å². The Bertz CT molecular complexity index is 299. The topological polar surface area (TPSA) is 3.24 Å². The van der Waals surface area contributed by atoms with E-state index in [0.717, 1.165) is 11.2 Å². The third-order valence-electron chi connectivity index (χ3n) is 3.40. The van der Waals surface area contributed by atoms with Crippen molar-refractivity contribution < 1.29 is 0 Å². The molecule has 1 nitrogen and oxygen atoms in total. The number of unbranched alkanes of at least 4 members (excludes halogenated alkanes) is 1. The molecule has 1 unspecified atom stereocenters. The summed E-state index contributed by atoms with van der Waals surface area (Å²) in [5.41, 5.74) is 1.37. The first-order valence-electron chi connectivity index (χ1n) is 7.13. The van der Waals surface area contributed by atoms with Gasteiger partial charge in [-0.05, 0) is 37.3 Å². The van der Waals surface area contributed by atoms with Crippen LogP contribution < -0.4 is 4.90 Å². The Morgan fingerprint density at radius 3 is 2.44 bits per heavy atom. The lowest BCUT2D eigenvalue weighted by atomic mass is 10.0. The number of hydrogen-bond acceptors (Lipinski definition) is 1. The van der Waals surface area contributed by atoms with Crippen LogP contribution >= 0.6 is 15.9 Å². The van der Waals surface area contributed by atoms with Gasteiger partial charge in [-0.15, -0.1) is 0 Å². The molecule has 0 aliphatic carbocycles. The van der Waals surface area contributed by atoms with Gasteiger partial charge in [-0.25, -0.2) is 0 Å². The summed E-state index contributed by atoms with van der Waals surface area (Å²) < 4.78 is 0. The fourth-order valence-electron chi connectivity index (χ4n) is 2.06. The molecular weight excluding hydrogens is 286 g/mol. The number of halogens is 1. The Morgan fingerprint density at radius 2 is 1.83 bits per heavy atom. The minimum absolute atomic E-state index is 0.803. The highest BCUT2D eigenvalue weighted by molar-refractivity contribution is 9.09. The molecule has 0 amide bonds. The molecule has 18 heavy (non-hydrogen) atoms. The molecule has 0 spiro atoms. The van der Waals surface area contributed by atoms with Crippen molar-refractivity contribution in [1.82, 2.24) is 0 Å². The minimum atomic E-state index is 0.803. The van der Waals surface area contributed by atoms with Crippen LogP contribution in [0.5, 0.6) is 0 Å². The lowest BCUT2D eigenvalue weighted by Gasteiger charge is -2.26. The molecule has 1 aromatic rings. The molecule has 0 aliphatic heterocycles. The number of para-hydroxylation sites is 1. The van der Waals surface area contributed by atoms with Crippen LogP contribution in [0.4, 0.5) is 5.69 Å². The Morgan fingerprint density at radius 1 is 1.11 bits per heavy atom. The summed E-state index contributed by atoms with van der Waals surface area (Å²) in [6.45, 7) is 6.97. The first-order valence-corrected chi connectivity index (χ1v) is 8.26. The zero-order valence-corrected chi connectivity index (χ0v) is 13.3. The molecule has 102 valence electrons. The third kappa shape index (κ3) is 5.90. The van der Waals surface area contributed by atoms with E-state index in [4.69, 9.17) is 0 Å². The Labute approximate surface area is 121 Å². The van der Waals surface area contributed by atoms with Gasteiger partial charge in [-0.2, -0.15) is 0 Å². The number of hydrogen-bond donors (Lipinski definition) is 0. The van der Waals surface area contributed by atoms with E-state index in [2.05, 4.69) is 65.0 Å². The second kappa shape index (κ2) is 9.43. The van der Waals surface area contributed by atoms with E-state index < -0.39 is 0 Å². The van der Waals surface area contributed by atoms with Crippen molar-refractivity contribution in [3.63, 3.8) is 0 Å². The average Bonchev–Trinajstić information content (AvgIpc) is 2.40. The van der Waals surface area contributed by atoms with Gasteiger partial charge in [0.2, 0.25) is 0 Å². The molecule has 0 fully saturated rings.